The molecule has 1 heterocycles. The zero-order chi connectivity index (χ0) is 33.5. The summed E-state index contributed by atoms with van der Waals surface area (Å²) in [5, 5.41) is 23.5. The zero-order valence-corrected chi connectivity index (χ0v) is 31.4. The molecule has 4 nitrogen and oxygen atoms in total. The molecule has 0 amide bonds. The normalized spacial score (nSPS) is 21.7. The molecule has 2 aromatic carbocycles. The number of fused-ring (bicyclic) bond motifs is 1. The summed E-state index contributed by atoms with van der Waals surface area (Å²) >= 11 is 1.12. The van der Waals surface area contributed by atoms with E-state index in [1.807, 2.05) is 0 Å². The van der Waals surface area contributed by atoms with Gasteiger partial charge in [0.05, 0.1) is 0 Å². The van der Waals surface area contributed by atoms with Crippen molar-refractivity contribution in [1.29, 1.82) is 0 Å². The quantitative estimate of drug-likeness (QED) is 0.266. The van der Waals surface area contributed by atoms with Crippen LogP contribution >= 0.6 is 0 Å². The fraction of sp³-hybridized carbons (Fsp3) is 0.650. The van der Waals surface area contributed by atoms with Crippen LogP contribution in [0, 0.1) is 0 Å². The van der Waals surface area contributed by atoms with E-state index in [0.717, 1.165) is 75.9 Å². The minimum absolute atomic E-state index is 0.0171. The third kappa shape index (κ3) is 7.10. The Hall–Kier alpha value is -2.11. The topological polar surface area (TPSA) is 46.5 Å². The predicted molar refractivity (Wildman–Crippen MR) is 186 cm³/mol. The van der Waals surface area contributed by atoms with Crippen molar-refractivity contribution in [2.45, 2.75) is 168 Å². The first-order valence-electron chi connectivity index (χ1n) is 17.6. The van der Waals surface area contributed by atoms with Gasteiger partial charge < -0.3 is 0 Å². The van der Waals surface area contributed by atoms with Crippen LogP contribution in [0.4, 0.5) is 0 Å². The average Bonchev–Trinajstić information content (AvgIpc) is 3.35. The molecule has 0 radical (unpaired) electrons. The second kappa shape index (κ2) is 13.2. The van der Waals surface area contributed by atoms with Crippen LogP contribution in [0.1, 0.15) is 168 Å². The summed E-state index contributed by atoms with van der Waals surface area (Å²) in [6, 6.07) is 9.71. The minimum atomic E-state index is -0.124. The maximum absolute atomic E-state index is 11.8. The van der Waals surface area contributed by atoms with E-state index in [1.165, 1.54) is 24.0 Å². The van der Waals surface area contributed by atoms with Crippen LogP contribution in [-0.2, 0) is 36.8 Å². The molecule has 2 aromatic rings. The van der Waals surface area contributed by atoms with Gasteiger partial charge in [-0.1, -0.05) is 0 Å². The van der Waals surface area contributed by atoms with E-state index in [0.29, 0.717) is 23.6 Å². The predicted octanol–water partition coefficient (Wildman–Crippen LogP) is 9.65. The number of nitrogens with zero attached hydrogens (tertiary/aromatic N) is 2. The van der Waals surface area contributed by atoms with E-state index in [-0.39, 0.29) is 21.7 Å². The van der Waals surface area contributed by atoms with E-state index < -0.39 is 0 Å². The van der Waals surface area contributed by atoms with Crippen LogP contribution in [-0.4, -0.2) is 42.0 Å². The molecule has 0 aromatic heterocycles. The van der Waals surface area contributed by atoms with Crippen molar-refractivity contribution in [3.05, 3.63) is 57.6 Å². The number of benzene rings is 2. The maximum atomic E-state index is 11.8. The summed E-state index contributed by atoms with van der Waals surface area (Å²) in [5.74, 6) is 0.834. The Balaban J connectivity index is 1.89. The van der Waals surface area contributed by atoms with Gasteiger partial charge in [0.15, 0.2) is 0 Å². The van der Waals surface area contributed by atoms with Gasteiger partial charge in [0.1, 0.15) is 0 Å². The molecule has 2 fully saturated rings. The molecule has 2 atom stereocenters. The molecule has 0 bridgehead atoms. The van der Waals surface area contributed by atoms with Crippen molar-refractivity contribution < 1.29 is 32.6 Å². The molecule has 1 aliphatic carbocycles. The summed E-state index contributed by atoms with van der Waals surface area (Å²) in [4.78, 5) is 0. The van der Waals surface area contributed by atoms with Gasteiger partial charge in [-0.2, -0.15) is 0 Å². The molecule has 2 unspecified atom stereocenters. The fourth-order valence-electron chi connectivity index (χ4n) is 6.42. The first kappa shape index (κ1) is 35.7. The Morgan fingerprint density at radius 2 is 0.933 bits per heavy atom. The van der Waals surface area contributed by atoms with Crippen LogP contribution in [0.5, 0.6) is 11.5 Å². The molecule has 45 heavy (non-hydrogen) atoms. The van der Waals surface area contributed by atoms with E-state index in [9.17, 15) is 10.2 Å². The fourth-order valence-corrected chi connectivity index (χ4v) is 8.05. The Morgan fingerprint density at radius 1 is 0.600 bits per heavy atom. The molecule has 1 saturated carbocycles. The monoisotopic (exact) mass is 661 g/mol. The Kier molecular flexibility index (Phi) is 10.5. The van der Waals surface area contributed by atoms with Crippen molar-refractivity contribution in [2.24, 2.45) is 0 Å². The molecule has 0 spiro atoms. The molecular weight excluding hydrogens is 599 g/mol. The van der Waals surface area contributed by atoms with Gasteiger partial charge in [0, 0.05) is 0 Å². The third-order valence-electron chi connectivity index (χ3n) is 11.8. The molecule has 1 aliphatic heterocycles. The SMILES string of the molecule is CCC(C)(C)c1cc(C=[N+]2[Co][N+](=Cc3cc(C(C)(C)CC)cc(C(C)(C)CC)c3O)C3CCCCC32)c(O)c(C(C)(C)CC)c1. The van der Waals surface area contributed by atoms with E-state index in [4.69, 9.17) is 0 Å². The summed E-state index contributed by atoms with van der Waals surface area (Å²) in [6.07, 6.45) is 13.2. The molecule has 4 rings (SSSR count). The van der Waals surface area contributed by atoms with Crippen molar-refractivity contribution >= 4 is 12.4 Å². The van der Waals surface area contributed by atoms with Crippen LogP contribution in [0.2, 0.25) is 0 Å². The van der Waals surface area contributed by atoms with Gasteiger partial charge in [0.2, 0.25) is 0 Å². The standard InChI is InChI=1S/C40H62N2O2.Co/c1-13-37(5,6)29-21-27(35(43)31(23-29)39(9,10)15-3)25-41-33-19-17-18-20-34(33)42-26-28-22-30(38(7,8)14-2)24-32(36(28)44)40(11,12)16-4;/h21-26,33-34,43-44H,13-20H2,1-12H3;/q;+2. The third-order valence-corrected chi connectivity index (χ3v) is 13.2. The van der Waals surface area contributed by atoms with Crippen molar-refractivity contribution in [3.63, 3.8) is 0 Å². The second-order valence-electron chi connectivity index (χ2n) is 16.3. The first-order chi connectivity index (χ1) is 20.9. The number of rotatable bonds is 10. The van der Waals surface area contributed by atoms with E-state index >= 15 is 0 Å². The summed E-state index contributed by atoms with van der Waals surface area (Å²) in [7, 11) is 0. The number of hydrogen-bond acceptors (Lipinski definition) is 2. The summed E-state index contributed by atoms with van der Waals surface area (Å²) in [6.45, 7) is 27.1. The molecule has 251 valence electrons. The van der Waals surface area contributed by atoms with Gasteiger partial charge in [-0.3, -0.25) is 0 Å². The van der Waals surface area contributed by atoms with Gasteiger partial charge in [-0.15, -0.1) is 0 Å². The Morgan fingerprint density at radius 3 is 1.24 bits per heavy atom. The van der Waals surface area contributed by atoms with Gasteiger partial charge in [0.25, 0.3) is 0 Å². The summed E-state index contributed by atoms with van der Waals surface area (Å²) < 4.78 is 4.90. The Bertz CT molecular complexity index is 1350. The Labute approximate surface area is 281 Å². The molecule has 2 N–H and O–H groups in total. The van der Waals surface area contributed by atoms with Crippen LogP contribution in [0.25, 0.3) is 0 Å². The van der Waals surface area contributed by atoms with Gasteiger partial charge >= 0.3 is 282 Å². The van der Waals surface area contributed by atoms with Gasteiger partial charge in [-0.05, 0) is 0 Å². The number of hydrogen-bond donors (Lipinski definition) is 2. The zero-order valence-electron chi connectivity index (χ0n) is 30.4. The summed E-state index contributed by atoms with van der Waals surface area (Å²) in [5.41, 5.74) is 6.29. The van der Waals surface area contributed by atoms with E-state index in [2.05, 4.69) is 127 Å². The average molecular weight is 662 g/mol. The second-order valence-corrected chi connectivity index (χ2v) is 17.5. The van der Waals surface area contributed by atoms with Crippen LogP contribution in [0.3, 0.4) is 0 Å². The van der Waals surface area contributed by atoms with Crippen molar-refractivity contribution in [2.75, 3.05) is 0 Å². The van der Waals surface area contributed by atoms with Crippen molar-refractivity contribution in [1.82, 2.24) is 0 Å². The van der Waals surface area contributed by atoms with E-state index in [1.54, 1.807) is 0 Å². The molecular formula is C40H62CoN2O2+2. The number of phenols is 2. The van der Waals surface area contributed by atoms with Crippen LogP contribution < -0.4 is 0 Å². The van der Waals surface area contributed by atoms with Crippen LogP contribution in [0.15, 0.2) is 24.3 Å². The molecule has 2 aliphatic rings. The number of aromatic hydroxyl groups is 2. The molecule has 5 heteroatoms. The van der Waals surface area contributed by atoms with Crippen molar-refractivity contribution in [3.8, 4) is 11.5 Å². The number of phenolic OH excluding ortho intramolecular Hbond substituents is 2. The molecule has 1 saturated heterocycles. The first-order valence-corrected chi connectivity index (χ1v) is 18.5. The van der Waals surface area contributed by atoms with Gasteiger partial charge in [-0.25, -0.2) is 0 Å².